The molecule has 3 N–H and O–H groups in total. The zero-order valence-corrected chi connectivity index (χ0v) is 22.9. The summed E-state index contributed by atoms with van der Waals surface area (Å²) in [6, 6.07) is -0.269. The fourth-order valence-electron chi connectivity index (χ4n) is 5.19. The van der Waals surface area contributed by atoms with Gasteiger partial charge in [-0.25, -0.2) is 4.98 Å². The van der Waals surface area contributed by atoms with Crippen molar-refractivity contribution in [1.29, 1.82) is 0 Å². The van der Waals surface area contributed by atoms with Crippen molar-refractivity contribution in [1.82, 2.24) is 10.3 Å². The maximum Gasteiger partial charge on any atom is 0.223 e. The van der Waals surface area contributed by atoms with Crippen molar-refractivity contribution in [3.63, 3.8) is 0 Å². The van der Waals surface area contributed by atoms with E-state index < -0.39 is 23.5 Å². The summed E-state index contributed by atoms with van der Waals surface area (Å²) in [5.41, 5.74) is 0.410. The summed E-state index contributed by atoms with van der Waals surface area (Å²) in [6.07, 6.45) is 2.99. The average molecular weight is 507 g/mol. The summed E-state index contributed by atoms with van der Waals surface area (Å²) >= 11 is 1.58. The van der Waals surface area contributed by atoms with Crippen LogP contribution in [0.2, 0.25) is 0 Å². The first-order valence-electron chi connectivity index (χ1n) is 12.7. The molecule has 196 valence electrons. The number of hydrogen-bond donors (Lipinski definition) is 3. The van der Waals surface area contributed by atoms with E-state index in [1.165, 1.54) is 0 Å². The Balaban J connectivity index is 1.85. The van der Waals surface area contributed by atoms with E-state index in [-0.39, 0.29) is 41.8 Å². The summed E-state index contributed by atoms with van der Waals surface area (Å²) in [5.74, 6) is -1.24. The summed E-state index contributed by atoms with van der Waals surface area (Å²) in [7, 11) is 0. The van der Waals surface area contributed by atoms with Crippen LogP contribution in [0.5, 0.6) is 0 Å². The molecule has 0 aromatic carbocycles. The summed E-state index contributed by atoms with van der Waals surface area (Å²) < 4.78 is 6.10. The predicted octanol–water partition coefficient (Wildman–Crippen LogP) is 4.05. The van der Waals surface area contributed by atoms with Gasteiger partial charge in [0.15, 0.2) is 0 Å². The molecule has 1 amide bonds. The van der Waals surface area contributed by atoms with Gasteiger partial charge in [0.05, 0.1) is 52.5 Å². The van der Waals surface area contributed by atoms with Gasteiger partial charge >= 0.3 is 0 Å². The van der Waals surface area contributed by atoms with Gasteiger partial charge in [-0.2, -0.15) is 0 Å². The number of fused-ring (bicyclic) bond motifs is 1. The van der Waals surface area contributed by atoms with Gasteiger partial charge in [0.2, 0.25) is 5.91 Å². The molecule has 1 aromatic rings. The number of nitrogens with zero attached hydrogens (tertiary/aromatic N) is 1. The van der Waals surface area contributed by atoms with Crippen molar-refractivity contribution in [2.75, 3.05) is 0 Å². The number of aromatic nitrogens is 1. The predicted molar refractivity (Wildman–Crippen MR) is 138 cm³/mol. The van der Waals surface area contributed by atoms with Gasteiger partial charge in [0.25, 0.3) is 0 Å². The van der Waals surface area contributed by atoms with E-state index in [4.69, 9.17) is 4.74 Å². The highest BCUT2D eigenvalue weighted by Crippen LogP contribution is 2.44. The number of aryl methyl sites for hydroxylation is 1. The van der Waals surface area contributed by atoms with Gasteiger partial charge in [-0.3, -0.25) is 9.59 Å². The van der Waals surface area contributed by atoms with Crippen LogP contribution in [0, 0.1) is 24.2 Å². The minimum absolute atomic E-state index is 0.0170. The molecule has 0 bridgehead atoms. The second kappa shape index (κ2) is 10.8. The van der Waals surface area contributed by atoms with Crippen LogP contribution in [0.25, 0.3) is 6.08 Å². The Morgan fingerprint density at radius 3 is 2.57 bits per heavy atom. The smallest absolute Gasteiger partial charge is 0.223 e. The van der Waals surface area contributed by atoms with E-state index in [1.54, 1.807) is 32.1 Å². The van der Waals surface area contributed by atoms with Crippen molar-refractivity contribution in [3.8, 4) is 0 Å². The number of nitrogens with one attached hydrogen (secondary N) is 1. The van der Waals surface area contributed by atoms with Crippen LogP contribution in [0.3, 0.4) is 0 Å². The Hall–Kier alpha value is -1.61. The molecule has 7 nitrogen and oxygen atoms in total. The van der Waals surface area contributed by atoms with E-state index in [0.717, 1.165) is 35.5 Å². The molecule has 2 aliphatic heterocycles. The average Bonchev–Trinajstić information content (AvgIpc) is 3.22. The molecular weight excluding hydrogens is 464 g/mol. The fourth-order valence-corrected chi connectivity index (χ4v) is 5.76. The monoisotopic (exact) mass is 506 g/mol. The molecule has 0 spiro atoms. The number of Topliss-reactive ketones (excluding diaryl/α,β-unsaturated/α-hetero) is 1. The topological polar surface area (TPSA) is 112 Å². The molecule has 35 heavy (non-hydrogen) atoms. The number of aliphatic hydroxyl groups is 2. The maximum absolute atomic E-state index is 13.2. The highest BCUT2D eigenvalue weighted by Gasteiger charge is 2.52. The van der Waals surface area contributed by atoms with Crippen molar-refractivity contribution >= 4 is 29.1 Å². The lowest BCUT2D eigenvalue weighted by Gasteiger charge is -2.34. The first-order valence-corrected chi connectivity index (χ1v) is 13.6. The van der Waals surface area contributed by atoms with E-state index in [9.17, 15) is 19.8 Å². The van der Waals surface area contributed by atoms with E-state index >= 15 is 0 Å². The number of ketones is 1. The molecule has 2 unspecified atom stereocenters. The Morgan fingerprint density at radius 2 is 1.94 bits per heavy atom. The van der Waals surface area contributed by atoms with E-state index in [1.807, 2.05) is 32.2 Å². The summed E-state index contributed by atoms with van der Waals surface area (Å²) in [5, 5.41) is 27.8. The molecule has 1 aromatic heterocycles. The number of amides is 1. The van der Waals surface area contributed by atoms with Crippen molar-refractivity contribution in [2.24, 2.45) is 17.3 Å². The molecule has 2 saturated heterocycles. The maximum atomic E-state index is 13.2. The van der Waals surface area contributed by atoms with Crippen LogP contribution >= 0.6 is 11.3 Å². The lowest BCUT2D eigenvalue weighted by molar-refractivity contribution is -0.143. The molecule has 3 heterocycles. The highest BCUT2D eigenvalue weighted by molar-refractivity contribution is 7.09. The number of ether oxygens (including phenoxy) is 1. The zero-order chi connectivity index (χ0) is 26.1. The summed E-state index contributed by atoms with van der Waals surface area (Å²) in [4.78, 5) is 30.8. The van der Waals surface area contributed by atoms with Gasteiger partial charge in [0.1, 0.15) is 5.78 Å². The molecule has 2 aliphatic rings. The zero-order valence-electron chi connectivity index (χ0n) is 22.1. The molecule has 0 aliphatic carbocycles. The largest absolute Gasteiger partial charge is 0.392 e. The number of epoxide rings is 1. The SMILES string of the molecule is C/C(=C\c1csc(C)n1)C1C[C@@H]2O[C@]2(C)CCC[C@H](C)[C@H](O)C(C)C(=O)C(C)(C)[C@@H](O)CC(=O)N1. The van der Waals surface area contributed by atoms with Gasteiger partial charge in [-0.05, 0) is 51.2 Å². The second-order valence-electron chi connectivity index (χ2n) is 11.4. The Morgan fingerprint density at radius 1 is 1.26 bits per heavy atom. The third-order valence-electron chi connectivity index (χ3n) is 8.07. The van der Waals surface area contributed by atoms with Crippen LogP contribution in [0.15, 0.2) is 11.0 Å². The first-order chi connectivity index (χ1) is 16.2. The Kier molecular flexibility index (Phi) is 8.62. The normalized spacial score (nSPS) is 37.5. The van der Waals surface area contributed by atoms with Crippen molar-refractivity contribution < 1.29 is 24.5 Å². The minimum atomic E-state index is -1.17. The molecule has 7 atom stereocenters. The number of aliphatic hydroxyl groups excluding tert-OH is 2. The fraction of sp³-hybridized carbons (Fsp3) is 0.741. The lowest BCUT2D eigenvalue weighted by atomic mass is 9.72. The summed E-state index contributed by atoms with van der Waals surface area (Å²) in [6.45, 7) is 13.0. The molecule has 0 saturated carbocycles. The molecule has 0 radical (unpaired) electrons. The van der Waals surface area contributed by atoms with Crippen LogP contribution in [-0.4, -0.2) is 56.8 Å². The molecule has 8 heteroatoms. The number of hydrogen-bond acceptors (Lipinski definition) is 7. The van der Waals surface area contributed by atoms with E-state index in [0.29, 0.717) is 6.42 Å². The number of carbonyl (C=O) groups is 2. The quantitative estimate of drug-likeness (QED) is 0.522. The van der Waals surface area contributed by atoms with Crippen molar-refractivity contribution in [3.05, 3.63) is 21.7 Å². The Bertz CT molecular complexity index is 957. The molecule has 3 rings (SSSR count). The van der Waals surface area contributed by atoms with Crippen LogP contribution in [0.1, 0.15) is 84.3 Å². The second-order valence-corrected chi connectivity index (χ2v) is 12.5. The third-order valence-corrected chi connectivity index (χ3v) is 8.86. The third kappa shape index (κ3) is 6.59. The van der Waals surface area contributed by atoms with Crippen LogP contribution < -0.4 is 5.32 Å². The highest BCUT2D eigenvalue weighted by atomic mass is 32.1. The lowest BCUT2D eigenvalue weighted by Crippen LogP contribution is -2.47. The van der Waals surface area contributed by atoms with Crippen LogP contribution in [0.4, 0.5) is 0 Å². The van der Waals surface area contributed by atoms with Crippen LogP contribution in [-0.2, 0) is 14.3 Å². The minimum Gasteiger partial charge on any atom is -0.392 e. The van der Waals surface area contributed by atoms with Gasteiger partial charge < -0.3 is 20.3 Å². The number of carbonyl (C=O) groups excluding carboxylic acids is 2. The number of thiazole rings is 1. The first kappa shape index (κ1) is 28.0. The molecule has 2 fully saturated rings. The van der Waals surface area contributed by atoms with Gasteiger partial charge in [-0.15, -0.1) is 11.3 Å². The van der Waals surface area contributed by atoms with Gasteiger partial charge in [0, 0.05) is 17.7 Å². The Labute approximate surface area is 213 Å². The molecular formula is C27H42N2O5S. The van der Waals surface area contributed by atoms with E-state index in [2.05, 4.69) is 17.2 Å². The number of rotatable bonds is 2. The van der Waals surface area contributed by atoms with Gasteiger partial charge in [-0.1, -0.05) is 34.1 Å². The standard InChI is InChI=1S/C27H42N2O5S/c1-15-9-8-10-27(7)22(34-27)12-20(16(2)11-19-14-35-18(4)28-19)29-23(31)13-21(30)26(5,6)25(33)17(3)24(15)32/h11,14-15,17,20-22,24,30,32H,8-10,12-13H2,1-7H3,(H,29,31)/b16-11+/t15-,17?,20?,21-,22-,24-,27+/m0/s1. The van der Waals surface area contributed by atoms with Crippen molar-refractivity contribution in [2.45, 2.75) is 111 Å².